The molecule has 5 rings (SSSR count). The molecule has 7 nitrogen and oxygen atoms in total. The predicted molar refractivity (Wildman–Crippen MR) is 159 cm³/mol. The number of urea groups is 1. The van der Waals surface area contributed by atoms with Gasteiger partial charge in [-0.2, -0.15) is 0 Å². The SMILES string of the molecule is O=C(C[C@@H](c1ccc(F)cc1)c1cc(F)cc(F)c1)Nc1cncc(F)c1CC[C@H]1CNCCN1C(=O)Nc1ccccc1. The number of anilines is 2. The lowest BCUT2D eigenvalue weighted by molar-refractivity contribution is -0.116. The van der Waals surface area contributed by atoms with Crippen LogP contribution in [0.1, 0.15) is 35.4 Å². The number of rotatable bonds is 9. The second-order valence-electron chi connectivity index (χ2n) is 10.6. The van der Waals surface area contributed by atoms with Gasteiger partial charge >= 0.3 is 6.03 Å². The second-order valence-corrected chi connectivity index (χ2v) is 10.6. The van der Waals surface area contributed by atoms with Crippen LogP contribution in [0.2, 0.25) is 0 Å². The van der Waals surface area contributed by atoms with Crippen molar-refractivity contribution in [1.82, 2.24) is 15.2 Å². The van der Waals surface area contributed by atoms with Crippen molar-refractivity contribution < 1.29 is 27.2 Å². The normalized spacial score (nSPS) is 15.5. The summed E-state index contributed by atoms with van der Waals surface area (Å²) in [6, 6.07) is 16.9. The van der Waals surface area contributed by atoms with Gasteiger partial charge in [0.05, 0.1) is 18.1 Å². The van der Waals surface area contributed by atoms with Crippen LogP contribution in [0.4, 0.5) is 33.7 Å². The molecular weight excluding hydrogens is 574 g/mol. The van der Waals surface area contributed by atoms with Crippen molar-refractivity contribution in [1.29, 1.82) is 0 Å². The van der Waals surface area contributed by atoms with Crippen LogP contribution in [0.5, 0.6) is 0 Å². The summed E-state index contributed by atoms with van der Waals surface area (Å²) in [5, 5.41) is 8.87. The van der Waals surface area contributed by atoms with Crippen LogP contribution in [0, 0.1) is 23.3 Å². The first kappa shape index (κ1) is 30.7. The van der Waals surface area contributed by atoms with Crippen molar-refractivity contribution in [3.05, 3.63) is 125 Å². The van der Waals surface area contributed by atoms with Gasteiger partial charge in [-0.05, 0) is 60.4 Å². The molecule has 0 saturated carbocycles. The van der Waals surface area contributed by atoms with Gasteiger partial charge in [0.15, 0.2) is 0 Å². The Bertz CT molecular complexity index is 1580. The fourth-order valence-corrected chi connectivity index (χ4v) is 5.42. The highest BCUT2D eigenvalue weighted by molar-refractivity contribution is 5.92. The van der Waals surface area contributed by atoms with Gasteiger partial charge in [0.2, 0.25) is 5.91 Å². The number of carbonyl (C=O) groups is 2. The number of halogens is 4. The van der Waals surface area contributed by atoms with E-state index in [1.165, 1.54) is 30.5 Å². The van der Waals surface area contributed by atoms with Gasteiger partial charge in [-0.25, -0.2) is 22.4 Å². The Morgan fingerprint density at radius 1 is 0.886 bits per heavy atom. The fourth-order valence-electron chi connectivity index (χ4n) is 5.42. The van der Waals surface area contributed by atoms with E-state index < -0.39 is 35.1 Å². The number of benzene rings is 3. The molecule has 0 radical (unpaired) electrons. The van der Waals surface area contributed by atoms with E-state index in [4.69, 9.17) is 0 Å². The first-order valence-corrected chi connectivity index (χ1v) is 14.2. The van der Waals surface area contributed by atoms with Gasteiger partial charge in [0.25, 0.3) is 0 Å². The van der Waals surface area contributed by atoms with E-state index in [9.17, 15) is 22.8 Å². The minimum absolute atomic E-state index is 0.155. The number of hydrogen-bond acceptors (Lipinski definition) is 4. The van der Waals surface area contributed by atoms with E-state index in [-0.39, 0.29) is 41.7 Å². The molecule has 11 heteroatoms. The molecule has 2 atom stereocenters. The van der Waals surface area contributed by atoms with Crippen LogP contribution in [-0.4, -0.2) is 47.5 Å². The molecule has 3 amide bonds. The molecule has 0 unspecified atom stereocenters. The van der Waals surface area contributed by atoms with Crippen LogP contribution < -0.4 is 16.0 Å². The van der Waals surface area contributed by atoms with Crippen molar-refractivity contribution in [2.45, 2.75) is 31.2 Å². The zero-order chi connectivity index (χ0) is 31.1. The van der Waals surface area contributed by atoms with E-state index in [1.54, 1.807) is 17.0 Å². The highest BCUT2D eigenvalue weighted by Crippen LogP contribution is 2.31. The molecule has 1 aliphatic rings. The Labute approximate surface area is 252 Å². The number of piperazine rings is 1. The molecule has 1 saturated heterocycles. The number of hydrogen-bond donors (Lipinski definition) is 3. The van der Waals surface area contributed by atoms with E-state index >= 15 is 4.39 Å². The van der Waals surface area contributed by atoms with E-state index in [0.29, 0.717) is 37.3 Å². The molecule has 44 heavy (non-hydrogen) atoms. The van der Waals surface area contributed by atoms with Gasteiger partial charge in [0.1, 0.15) is 23.3 Å². The smallest absolute Gasteiger partial charge is 0.322 e. The van der Waals surface area contributed by atoms with Gasteiger partial charge in [-0.3, -0.25) is 9.78 Å². The lowest BCUT2D eigenvalue weighted by atomic mass is 9.88. The summed E-state index contributed by atoms with van der Waals surface area (Å²) in [5.74, 6) is -4.10. The molecule has 2 heterocycles. The van der Waals surface area contributed by atoms with E-state index in [0.717, 1.165) is 24.4 Å². The second kappa shape index (κ2) is 14.1. The molecule has 0 spiro atoms. The third-order valence-corrected chi connectivity index (χ3v) is 7.59. The summed E-state index contributed by atoms with van der Waals surface area (Å²) in [5.41, 5.74) is 1.71. The zero-order valence-electron chi connectivity index (χ0n) is 23.7. The fraction of sp³-hybridized carbons (Fsp3) is 0.242. The standard InChI is InChI=1S/C33H31F4N5O2/c34-23-8-6-21(7-9-23)29(22-14-24(35)16-25(36)15-22)17-32(43)41-31-20-39-19-30(37)28(31)11-10-27-18-38-12-13-42(27)33(44)40-26-4-2-1-3-5-26/h1-9,14-16,19-20,27,29,38H,10-13,17-18H2,(H,40,44)(H,41,43)/t27-,29-/m0/s1. The number of amides is 3. The molecule has 228 valence electrons. The summed E-state index contributed by atoms with van der Waals surface area (Å²) in [6.07, 6.45) is 2.73. The maximum Gasteiger partial charge on any atom is 0.322 e. The molecule has 1 fully saturated rings. The Morgan fingerprint density at radius 3 is 2.34 bits per heavy atom. The largest absolute Gasteiger partial charge is 0.324 e. The highest BCUT2D eigenvalue weighted by Gasteiger charge is 2.28. The quantitative estimate of drug-likeness (QED) is 0.197. The topological polar surface area (TPSA) is 86.4 Å². The predicted octanol–water partition coefficient (Wildman–Crippen LogP) is 6.24. The van der Waals surface area contributed by atoms with E-state index in [1.807, 2.05) is 18.2 Å². The molecule has 4 aromatic rings. The lowest BCUT2D eigenvalue weighted by Gasteiger charge is -2.36. The Hall–Kier alpha value is -4.77. The van der Waals surface area contributed by atoms with Crippen molar-refractivity contribution in [2.24, 2.45) is 0 Å². The van der Waals surface area contributed by atoms with Gasteiger partial charge < -0.3 is 20.9 Å². The van der Waals surface area contributed by atoms with Crippen molar-refractivity contribution in [2.75, 3.05) is 30.3 Å². The van der Waals surface area contributed by atoms with Crippen LogP contribution in [-0.2, 0) is 11.2 Å². The highest BCUT2D eigenvalue weighted by atomic mass is 19.1. The first-order chi connectivity index (χ1) is 21.3. The Morgan fingerprint density at radius 2 is 1.61 bits per heavy atom. The lowest BCUT2D eigenvalue weighted by Crippen LogP contribution is -2.55. The molecule has 0 aliphatic carbocycles. The number of nitrogens with zero attached hydrogens (tertiary/aromatic N) is 2. The molecule has 1 aliphatic heterocycles. The zero-order valence-corrected chi connectivity index (χ0v) is 23.7. The van der Waals surface area contributed by atoms with Crippen LogP contribution in [0.15, 0.2) is 85.2 Å². The molecular formula is C33H31F4N5O2. The molecule has 3 aromatic carbocycles. The third-order valence-electron chi connectivity index (χ3n) is 7.59. The number of pyridine rings is 1. The average molecular weight is 606 g/mol. The van der Waals surface area contributed by atoms with Crippen molar-refractivity contribution >= 4 is 23.3 Å². The summed E-state index contributed by atoms with van der Waals surface area (Å²) in [6.45, 7) is 1.60. The monoisotopic (exact) mass is 605 g/mol. The average Bonchev–Trinajstić information content (AvgIpc) is 3.00. The maximum atomic E-state index is 15.1. The summed E-state index contributed by atoms with van der Waals surface area (Å²) in [4.78, 5) is 31.9. The van der Waals surface area contributed by atoms with Crippen LogP contribution in [0.3, 0.4) is 0 Å². The minimum Gasteiger partial charge on any atom is -0.324 e. The van der Waals surface area contributed by atoms with Crippen molar-refractivity contribution in [3.63, 3.8) is 0 Å². The third kappa shape index (κ3) is 7.78. The number of nitrogens with one attached hydrogen (secondary N) is 3. The van der Waals surface area contributed by atoms with Crippen LogP contribution >= 0.6 is 0 Å². The number of carbonyl (C=O) groups excluding carboxylic acids is 2. The Kier molecular flexibility index (Phi) is 9.86. The summed E-state index contributed by atoms with van der Waals surface area (Å²) >= 11 is 0. The summed E-state index contributed by atoms with van der Waals surface area (Å²) in [7, 11) is 0. The van der Waals surface area contributed by atoms with Crippen LogP contribution in [0.25, 0.3) is 0 Å². The number of para-hydroxylation sites is 1. The minimum atomic E-state index is -0.812. The molecule has 3 N–H and O–H groups in total. The molecule has 0 bridgehead atoms. The summed E-state index contributed by atoms with van der Waals surface area (Å²) < 4.78 is 56.9. The van der Waals surface area contributed by atoms with Gasteiger partial charge in [-0.15, -0.1) is 0 Å². The van der Waals surface area contributed by atoms with E-state index in [2.05, 4.69) is 20.9 Å². The first-order valence-electron chi connectivity index (χ1n) is 14.2. The Balaban J connectivity index is 1.30. The van der Waals surface area contributed by atoms with Gasteiger partial charge in [0, 0.05) is 55.3 Å². The van der Waals surface area contributed by atoms with Gasteiger partial charge in [-0.1, -0.05) is 30.3 Å². The maximum absolute atomic E-state index is 15.1. The number of aromatic nitrogens is 1. The van der Waals surface area contributed by atoms with Crippen molar-refractivity contribution in [3.8, 4) is 0 Å². The molecule has 1 aromatic heterocycles.